The van der Waals surface area contributed by atoms with Gasteiger partial charge in [0.25, 0.3) is 5.91 Å². The maximum Gasteiger partial charge on any atom is 0.270 e. The second-order valence-corrected chi connectivity index (χ2v) is 6.29. The lowest BCUT2D eigenvalue weighted by Crippen LogP contribution is -2.52. The van der Waals surface area contributed by atoms with Gasteiger partial charge in [0.15, 0.2) is 0 Å². The maximum absolute atomic E-state index is 12.8. The average molecular weight is 275 g/mol. The minimum atomic E-state index is 0.210. The van der Waals surface area contributed by atoms with Crippen LogP contribution in [0.25, 0.3) is 0 Å². The Bertz CT molecular complexity index is 468. The predicted octanol–water partition coefficient (Wildman–Crippen LogP) is 2.11. The monoisotopic (exact) mass is 275 g/mol. The van der Waals surface area contributed by atoms with Gasteiger partial charge in [0.05, 0.1) is 0 Å². The molecule has 20 heavy (non-hydrogen) atoms. The average Bonchev–Trinajstić information content (AvgIpc) is 2.96. The number of hydrogen-bond donors (Lipinski definition) is 1. The number of carbonyl (C=O) groups is 1. The van der Waals surface area contributed by atoms with Crippen LogP contribution in [0, 0.1) is 5.41 Å². The zero-order valence-corrected chi connectivity index (χ0v) is 12.4. The molecule has 2 aliphatic heterocycles. The SMILES string of the molecule is CCn1cccc1C(=O)N1CCCC2(CCCNC2)C1. The van der Waals surface area contributed by atoms with Crippen molar-refractivity contribution >= 4 is 5.91 Å². The summed E-state index contributed by atoms with van der Waals surface area (Å²) in [5.41, 5.74) is 1.17. The van der Waals surface area contributed by atoms with E-state index in [2.05, 4.69) is 17.1 Å². The molecule has 1 spiro atoms. The highest BCUT2D eigenvalue weighted by atomic mass is 16.2. The third kappa shape index (κ3) is 2.49. The van der Waals surface area contributed by atoms with Gasteiger partial charge in [0.1, 0.15) is 5.69 Å². The molecule has 0 aliphatic carbocycles. The van der Waals surface area contributed by atoms with Gasteiger partial charge in [0, 0.05) is 37.8 Å². The Morgan fingerprint density at radius 1 is 1.40 bits per heavy atom. The molecule has 1 N–H and O–H groups in total. The number of aromatic nitrogens is 1. The Hall–Kier alpha value is -1.29. The van der Waals surface area contributed by atoms with E-state index in [1.807, 2.05) is 22.9 Å². The fourth-order valence-electron chi connectivity index (χ4n) is 3.81. The van der Waals surface area contributed by atoms with Crippen LogP contribution in [-0.4, -0.2) is 41.6 Å². The van der Waals surface area contributed by atoms with Crippen molar-refractivity contribution in [1.29, 1.82) is 0 Å². The predicted molar refractivity (Wildman–Crippen MR) is 79.8 cm³/mol. The van der Waals surface area contributed by atoms with Crippen molar-refractivity contribution < 1.29 is 4.79 Å². The molecule has 0 bridgehead atoms. The highest BCUT2D eigenvalue weighted by Crippen LogP contribution is 2.36. The first-order valence-electron chi connectivity index (χ1n) is 7.89. The lowest BCUT2D eigenvalue weighted by molar-refractivity contribution is 0.0425. The van der Waals surface area contributed by atoms with Gasteiger partial charge >= 0.3 is 0 Å². The summed E-state index contributed by atoms with van der Waals surface area (Å²) in [6.07, 6.45) is 6.90. The molecule has 1 atom stereocenters. The fraction of sp³-hybridized carbons (Fsp3) is 0.688. The minimum absolute atomic E-state index is 0.210. The van der Waals surface area contributed by atoms with Crippen LogP contribution in [0.3, 0.4) is 0 Å². The highest BCUT2D eigenvalue weighted by Gasteiger charge is 2.38. The van der Waals surface area contributed by atoms with Crippen LogP contribution < -0.4 is 5.32 Å². The summed E-state index contributed by atoms with van der Waals surface area (Å²) in [4.78, 5) is 14.8. The van der Waals surface area contributed by atoms with Gasteiger partial charge in [-0.2, -0.15) is 0 Å². The van der Waals surface area contributed by atoms with Crippen molar-refractivity contribution in [2.24, 2.45) is 5.41 Å². The summed E-state index contributed by atoms with van der Waals surface area (Å²) >= 11 is 0. The number of likely N-dealkylation sites (tertiary alicyclic amines) is 1. The highest BCUT2D eigenvalue weighted by molar-refractivity contribution is 5.92. The van der Waals surface area contributed by atoms with E-state index < -0.39 is 0 Å². The summed E-state index contributed by atoms with van der Waals surface area (Å²) in [6.45, 7) is 6.98. The molecule has 3 rings (SSSR count). The van der Waals surface area contributed by atoms with E-state index in [9.17, 15) is 4.79 Å². The molecule has 3 heterocycles. The van der Waals surface area contributed by atoms with Crippen LogP contribution in [0.1, 0.15) is 43.1 Å². The van der Waals surface area contributed by atoms with Crippen LogP contribution >= 0.6 is 0 Å². The summed E-state index contributed by atoms with van der Waals surface area (Å²) in [6, 6.07) is 3.92. The van der Waals surface area contributed by atoms with E-state index in [-0.39, 0.29) is 5.91 Å². The standard InChI is InChI=1S/C16H25N3O/c1-2-18-10-3-6-14(18)15(20)19-11-5-8-16(13-19)7-4-9-17-12-16/h3,6,10,17H,2,4-5,7-9,11-13H2,1H3. The lowest BCUT2D eigenvalue weighted by atomic mass is 9.74. The van der Waals surface area contributed by atoms with E-state index in [1.165, 1.54) is 19.3 Å². The smallest absolute Gasteiger partial charge is 0.270 e. The Kier molecular flexibility index (Phi) is 3.83. The number of amides is 1. The Labute approximate surface area is 121 Å². The quantitative estimate of drug-likeness (QED) is 0.897. The van der Waals surface area contributed by atoms with E-state index >= 15 is 0 Å². The molecule has 4 nitrogen and oxygen atoms in total. The molecule has 0 aromatic carbocycles. The molecular formula is C16H25N3O. The third-order valence-corrected chi connectivity index (χ3v) is 4.90. The van der Waals surface area contributed by atoms with Crippen LogP contribution in [-0.2, 0) is 6.54 Å². The topological polar surface area (TPSA) is 37.3 Å². The second kappa shape index (κ2) is 5.60. The van der Waals surface area contributed by atoms with Gasteiger partial charge < -0.3 is 14.8 Å². The molecule has 1 aromatic heterocycles. The summed E-state index contributed by atoms with van der Waals surface area (Å²) in [5.74, 6) is 0.210. The number of nitrogens with zero attached hydrogens (tertiary/aromatic N) is 2. The number of piperidine rings is 2. The molecule has 2 fully saturated rings. The van der Waals surface area contributed by atoms with Crippen molar-refractivity contribution in [2.45, 2.75) is 39.2 Å². The van der Waals surface area contributed by atoms with E-state index in [1.54, 1.807) is 0 Å². The number of carbonyl (C=O) groups excluding carboxylic acids is 1. The van der Waals surface area contributed by atoms with Crippen LogP contribution in [0.4, 0.5) is 0 Å². The Morgan fingerprint density at radius 2 is 2.25 bits per heavy atom. The van der Waals surface area contributed by atoms with Gasteiger partial charge in [-0.15, -0.1) is 0 Å². The first kappa shape index (κ1) is 13.7. The number of hydrogen-bond acceptors (Lipinski definition) is 2. The summed E-state index contributed by atoms with van der Waals surface area (Å²) < 4.78 is 2.04. The summed E-state index contributed by atoms with van der Waals surface area (Å²) in [7, 11) is 0. The molecule has 110 valence electrons. The molecule has 1 amide bonds. The first-order chi connectivity index (χ1) is 9.74. The van der Waals surface area contributed by atoms with Crippen LogP contribution in [0.15, 0.2) is 18.3 Å². The van der Waals surface area contributed by atoms with Crippen molar-refractivity contribution in [3.63, 3.8) is 0 Å². The van der Waals surface area contributed by atoms with Crippen molar-refractivity contribution in [2.75, 3.05) is 26.2 Å². The number of aryl methyl sites for hydroxylation is 1. The van der Waals surface area contributed by atoms with Crippen LogP contribution in [0.5, 0.6) is 0 Å². The third-order valence-electron chi connectivity index (χ3n) is 4.90. The van der Waals surface area contributed by atoms with E-state index in [0.29, 0.717) is 5.41 Å². The van der Waals surface area contributed by atoms with E-state index in [0.717, 1.165) is 44.8 Å². The van der Waals surface area contributed by atoms with Crippen molar-refractivity contribution in [3.05, 3.63) is 24.0 Å². The Morgan fingerprint density at radius 3 is 3.00 bits per heavy atom. The minimum Gasteiger partial charge on any atom is -0.344 e. The van der Waals surface area contributed by atoms with E-state index in [4.69, 9.17) is 0 Å². The summed E-state index contributed by atoms with van der Waals surface area (Å²) in [5, 5.41) is 3.52. The molecule has 1 unspecified atom stereocenters. The molecular weight excluding hydrogens is 250 g/mol. The van der Waals surface area contributed by atoms with Crippen molar-refractivity contribution in [3.8, 4) is 0 Å². The fourth-order valence-corrected chi connectivity index (χ4v) is 3.81. The van der Waals surface area contributed by atoms with Gasteiger partial charge in [-0.1, -0.05) is 0 Å². The van der Waals surface area contributed by atoms with Gasteiger partial charge in [-0.25, -0.2) is 0 Å². The second-order valence-electron chi connectivity index (χ2n) is 6.29. The molecule has 2 aliphatic rings. The molecule has 0 saturated carbocycles. The van der Waals surface area contributed by atoms with Crippen LogP contribution in [0.2, 0.25) is 0 Å². The normalized spacial score (nSPS) is 26.9. The van der Waals surface area contributed by atoms with Gasteiger partial charge in [-0.3, -0.25) is 4.79 Å². The molecule has 4 heteroatoms. The van der Waals surface area contributed by atoms with Gasteiger partial charge in [0.2, 0.25) is 0 Å². The zero-order valence-electron chi connectivity index (χ0n) is 12.4. The maximum atomic E-state index is 12.8. The number of rotatable bonds is 2. The van der Waals surface area contributed by atoms with Gasteiger partial charge in [-0.05, 0) is 51.3 Å². The molecule has 1 aromatic rings. The molecule has 2 saturated heterocycles. The zero-order chi connectivity index (χ0) is 14.0. The first-order valence-corrected chi connectivity index (χ1v) is 7.89. The largest absolute Gasteiger partial charge is 0.344 e. The van der Waals surface area contributed by atoms with Crippen molar-refractivity contribution in [1.82, 2.24) is 14.8 Å². The number of nitrogens with one attached hydrogen (secondary N) is 1. The lowest BCUT2D eigenvalue weighted by Gasteiger charge is -2.45. The Balaban J connectivity index is 1.75. The molecule has 0 radical (unpaired) electrons.